The molecular formula is C47H29N3O2. The lowest BCUT2D eigenvalue weighted by Crippen LogP contribution is -2.09. The Hall–Kier alpha value is -6.85. The fourth-order valence-corrected chi connectivity index (χ4v) is 7.90. The molecule has 3 aromatic heterocycles. The highest BCUT2D eigenvalue weighted by Gasteiger charge is 2.25. The van der Waals surface area contributed by atoms with Gasteiger partial charge >= 0.3 is 0 Å². The van der Waals surface area contributed by atoms with Crippen LogP contribution in [-0.2, 0) is 0 Å². The highest BCUT2D eigenvalue weighted by molar-refractivity contribution is 6.13. The van der Waals surface area contributed by atoms with Crippen molar-refractivity contribution >= 4 is 61.1 Å². The van der Waals surface area contributed by atoms with Crippen molar-refractivity contribution in [1.82, 2.24) is 15.0 Å². The summed E-state index contributed by atoms with van der Waals surface area (Å²) >= 11 is 0. The van der Waals surface area contributed by atoms with E-state index in [0.717, 1.165) is 78.1 Å². The highest BCUT2D eigenvalue weighted by atomic mass is 16.3. The molecular weight excluding hydrogens is 639 g/mol. The summed E-state index contributed by atoms with van der Waals surface area (Å²) in [7, 11) is 0. The lowest BCUT2D eigenvalue weighted by atomic mass is 9.78. The molecule has 0 saturated carbocycles. The first-order valence-electron chi connectivity index (χ1n) is 17.6. The maximum Gasteiger partial charge on any atom is 0.164 e. The van der Waals surface area contributed by atoms with Crippen LogP contribution < -0.4 is 0 Å². The summed E-state index contributed by atoms with van der Waals surface area (Å²) in [5.74, 6) is 2.12. The number of allylic oxidation sites excluding steroid dienone is 5. The Bertz CT molecular complexity index is 3000. The van der Waals surface area contributed by atoms with Crippen LogP contribution in [0.2, 0.25) is 0 Å². The van der Waals surface area contributed by atoms with Gasteiger partial charge in [0.15, 0.2) is 17.5 Å². The Morgan fingerprint density at radius 2 is 1.17 bits per heavy atom. The van der Waals surface area contributed by atoms with Gasteiger partial charge in [0.1, 0.15) is 22.3 Å². The molecule has 0 radical (unpaired) electrons. The number of rotatable bonds is 4. The molecule has 0 spiro atoms. The van der Waals surface area contributed by atoms with Gasteiger partial charge in [0, 0.05) is 44.2 Å². The average Bonchev–Trinajstić information content (AvgIpc) is 3.78. The third-order valence-electron chi connectivity index (χ3n) is 10.4. The molecule has 2 aliphatic rings. The summed E-state index contributed by atoms with van der Waals surface area (Å²) in [4.78, 5) is 15.5. The summed E-state index contributed by atoms with van der Waals surface area (Å²) in [6.45, 7) is 0. The second-order valence-electron chi connectivity index (χ2n) is 13.5. The number of hydrogen-bond acceptors (Lipinski definition) is 5. The summed E-state index contributed by atoms with van der Waals surface area (Å²) < 4.78 is 12.9. The molecule has 1 unspecified atom stereocenters. The molecule has 0 aliphatic heterocycles. The van der Waals surface area contributed by atoms with Crippen LogP contribution in [0, 0.1) is 5.92 Å². The van der Waals surface area contributed by atoms with Gasteiger partial charge in [-0.25, -0.2) is 15.0 Å². The van der Waals surface area contributed by atoms with Crippen LogP contribution in [-0.4, -0.2) is 15.0 Å². The van der Waals surface area contributed by atoms with E-state index in [9.17, 15) is 0 Å². The van der Waals surface area contributed by atoms with Crippen LogP contribution in [0.3, 0.4) is 0 Å². The number of para-hydroxylation sites is 2. The lowest BCUT2D eigenvalue weighted by molar-refractivity contribution is 0.668. The third-order valence-corrected chi connectivity index (χ3v) is 10.4. The topological polar surface area (TPSA) is 65.0 Å². The molecule has 3 heterocycles. The molecule has 244 valence electrons. The van der Waals surface area contributed by atoms with E-state index in [1.807, 2.05) is 72.8 Å². The van der Waals surface area contributed by atoms with Crippen molar-refractivity contribution in [2.75, 3.05) is 0 Å². The summed E-state index contributed by atoms with van der Waals surface area (Å²) in [5.41, 5.74) is 12.0. The van der Waals surface area contributed by atoms with E-state index < -0.39 is 0 Å². The third kappa shape index (κ3) is 4.60. The van der Waals surface area contributed by atoms with Crippen LogP contribution in [0.5, 0.6) is 0 Å². The van der Waals surface area contributed by atoms with Gasteiger partial charge in [0.2, 0.25) is 0 Å². The number of fused-ring (bicyclic) bond motifs is 9. The van der Waals surface area contributed by atoms with Crippen molar-refractivity contribution in [2.45, 2.75) is 6.42 Å². The number of hydrogen-bond donors (Lipinski definition) is 0. The lowest BCUT2D eigenvalue weighted by Gasteiger charge is -2.26. The smallest absolute Gasteiger partial charge is 0.164 e. The van der Waals surface area contributed by atoms with E-state index >= 15 is 0 Å². The van der Waals surface area contributed by atoms with E-state index in [1.165, 1.54) is 16.7 Å². The van der Waals surface area contributed by atoms with Crippen LogP contribution in [0.1, 0.15) is 23.1 Å². The highest BCUT2D eigenvalue weighted by Crippen LogP contribution is 2.44. The molecule has 0 N–H and O–H groups in total. The quantitative estimate of drug-likeness (QED) is 0.187. The van der Waals surface area contributed by atoms with Crippen molar-refractivity contribution < 1.29 is 8.83 Å². The summed E-state index contributed by atoms with van der Waals surface area (Å²) in [6.07, 6.45) is 10.2. The first-order valence-corrected chi connectivity index (χ1v) is 17.6. The Kier molecular flexibility index (Phi) is 6.31. The number of benzene rings is 6. The number of furan rings is 2. The molecule has 1 atom stereocenters. The Morgan fingerprint density at radius 1 is 0.500 bits per heavy atom. The van der Waals surface area contributed by atoms with Crippen LogP contribution in [0.25, 0.3) is 95.3 Å². The summed E-state index contributed by atoms with van der Waals surface area (Å²) in [5, 5.41) is 4.15. The zero-order chi connectivity index (χ0) is 34.2. The van der Waals surface area contributed by atoms with E-state index in [1.54, 1.807) is 0 Å². The molecule has 0 amide bonds. The Balaban J connectivity index is 1.14. The van der Waals surface area contributed by atoms with Gasteiger partial charge < -0.3 is 8.83 Å². The first kappa shape index (κ1) is 28.9. The SMILES string of the molecule is C1=CC2CC=C(c3cc(-c4nc(-c5ccccc5)nc(-c5ccc6c(c5)oc5ccccc56)n4)c4c(c3)oc3ccccc34)C=C2c2ccccc21. The average molecular weight is 668 g/mol. The fourth-order valence-electron chi connectivity index (χ4n) is 7.90. The van der Waals surface area contributed by atoms with Crippen molar-refractivity contribution in [3.05, 3.63) is 168 Å². The Labute approximate surface area is 298 Å². The zero-order valence-corrected chi connectivity index (χ0v) is 28.0. The molecule has 0 saturated heterocycles. The van der Waals surface area contributed by atoms with Crippen LogP contribution >= 0.6 is 0 Å². The predicted molar refractivity (Wildman–Crippen MR) is 210 cm³/mol. The van der Waals surface area contributed by atoms with Crippen LogP contribution in [0.15, 0.2) is 161 Å². The summed E-state index contributed by atoms with van der Waals surface area (Å²) in [6, 6.07) is 45.7. The van der Waals surface area contributed by atoms with Gasteiger partial charge in [0.05, 0.1) is 0 Å². The van der Waals surface area contributed by atoms with E-state index in [2.05, 4.69) is 85.0 Å². The van der Waals surface area contributed by atoms with Gasteiger partial charge in [-0.2, -0.15) is 0 Å². The van der Waals surface area contributed by atoms with Gasteiger partial charge in [-0.05, 0) is 70.7 Å². The van der Waals surface area contributed by atoms with E-state index in [0.29, 0.717) is 23.4 Å². The maximum atomic E-state index is 6.57. The minimum absolute atomic E-state index is 0.358. The monoisotopic (exact) mass is 667 g/mol. The fraction of sp³-hybridized carbons (Fsp3) is 0.0426. The molecule has 9 aromatic rings. The molecule has 0 fully saturated rings. The minimum Gasteiger partial charge on any atom is -0.456 e. The number of aromatic nitrogens is 3. The molecule has 52 heavy (non-hydrogen) atoms. The second kappa shape index (κ2) is 11.3. The van der Waals surface area contributed by atoms with Crippen LogP contribution in [0.4, 0.5) is 0 Å². The number of nitrogens with zero attached hydrogens (tertiary/aromatic N) is 3. The molecule has 5 nitrogen and oxygen atoms in total. The van der Waals surface area contributed by atoms with Gasteiger partial charge in [0.25, 0.3) is 0 Å². The largest absolute Gasteiger partial charge is 0.456 e. The van der Waals surface area contributed by atoms with Gasteiger partial charge in [-0.3, -0.25) is 0 Å². The molecule has 2 aliphatic carbocycles. The van der Waals surface area contributed by atoms with Gasteiger partial charge in [-0.15, -0.1) is 0 Å². The normalized spacial score (nSPS) is 15.2. The Morgan fingerprint density at radius 3 is 2.06 bits per heavy atom. The molecule has 5 heteroatoms. The molecule has 11 rings (SSSR count). The minimum atomic E-state index is 0.358. The van der Waals surface area contributed by atoms with Crippen molar-refractivity contribution in [3.8, 4) is 34.2 Å². The first-order chi connectivity index (χ1) is 25.7. The molecule has 0 bridgehead atoms. The molecule has 6 aromatic carbocycles. The zero-order valence-electron chi connectivity index (χ0n) is 28.0. The standard InChI is InChI=1S/C47H29N3O2/c1-2-11-30(12-3-1)45-48-46(32-22-23-36-35-14-6-8-16-40(35)51-42(36)26-32)50-47(49-45)39-25-33(27-43-44(39)37-15-7-9-17-41(37)52-43)31-21-20-29-19-18-28-10-4-5-13-34(28)38(29)24-31/h1-19,21-27,29H,20H2. The maximum absolute atomic E-state index is 6.57. The van der Waals surface area contributed by atoms with E-state index in [4.69, 9.17) is 23.8 Å². The van der Waals surface area contributed by atoms with Gasteiger partial charge in [-0.1, -0.05) is 121 Å². The van der Waals surface area contributed by atoms with Crippen molar-refractivity contribution in [1.29, 1.82) is 0 Å². The van der Waals surface area contributed by atoms with E-state index in [-0.39, 0.29) is 0 Å². The van der Waals surface area contributed by atoms with Crippen molar-refractivity contribution in [3.63, 3.8) is 0 Å². The second-order valence-corrected chi connectivity index (χ2v) is 13.5. The predicted octanol–water partition coefficient (Wildman–Crippen LogP) is 12.2. The van der Waals surface area contributed by atoms with Crippen molar-refractivity contribution in [2.24, 2.45) is 5.92 Å².